The molecule has 0 fully saturated rings. The molecule has 26 heavy (non-hydrogen) atoms. The van der Waals surface area contributed by atoms with Gasteiger partial charge in [-0.05, 0) is 61.7 Å². The third-order valence-electron chi connectivity index (χ3n) is 3.88. The molecular weight excluding hydrogens is 372 g/mol. The van der Waals surface area contributed by atoms with E-state index < -0.39 is 22.0 Å². The standard InChI is InChI=1S/C19H23ClN2O3S/c1-5-18(19(23)21-16-8-6-7-15(20)12-16)22(26(4,24)25)17-10-13(2)9-14(3)11-17/h6-12,18H,5H2,1-4H3,(H,21,23)/t18-/m1/s1. The van der Waals surface area contributed by atoms with Crippen LogP contribution in [0.1, 0.15) is 24.5 Å². The van der Waals surface area contributed by atoms with Crippen LogP contribution in [0.4, 0.5) is 11.4 Å². The lowest BCUT2D eigenvalue weighted by atomic mass is 10.1. The summed E-state index contributed by atoms with van der Waals surface area (Å²) in [7, 11) is -3.66. The fourth-order valence-corrected chi connectivity index (χ4v) is 4.32. The largest absolute Gasteiger partial charge is 0.324 e. The van der Waals surface area contributed by atoms with Crippen LogP contribution >= 0.6 is 11.6 Å². The first-order chi connectivity index (χ1) is 12.1. The molecular formula is C19H23ClN2O3S. The lowest BCUT2D eigenvalue weighted by Crippen LogP contribution is -2.47. The highest BCUT2D eigenvalue weighted by atomic mass is 35.5. The third kappa shape index (κ3) is 4.99. The quantitative estimate of drug-likeness (QED) is 0.800. The molecule has 0 bridgehead atoms. The van der Waals surface area contributed by atoms with E-state index in [9.17, 15) is 13.2 Å². The number of amides is 1. The molecule has 2 rings (SSSR count). The summed E-state index contributed by atoms with van der Waals surface area (Å²) in [5.74, 6) is -0.403. The zero-order chi connectivity index (χ0) is 19.5. The summed E-state index contributed by atoms with van der Waals surface area (Å²) < 4.78 is 26.2. The summed E-state index contributed by atoms with van der Waals surface area (Å²) in [5.41, 5.74) is 2.87. The van der Waals surface area contributed by atoms with Gasteiger partial charge in [-0.15, -0.1) is 0 Å². The molecule has 7 heteroatoms. The highest BCUT2D eigenvalue weighted by molar-refractivity contribution is 7.92. The molecule has 0 radical (unpaired) electrons. The van der Waals surface area contributed by atoms with E-state index in [2.05, 4.69) is 5.32 Å². The van der Waals surface area contributed by atoms with Gasteiger partial charge in [0.1, 0.15) is 6.04 Å². The topological polar surface area (TPSA) is 66.5 Å². The Labute approximate surface area is 160 Å². The van der Waals surface area contributed by atoms with Crippen molar-refractivity contribution < 1.29 is 13.2 Å². The molecule has 140 valence electrons. The van der Waals surface area contributed by atoms with Crippen molar-refractivity contribution >= 4 is 38.9 Å². The molecule has 0 aliphatic heterocycles. The summed E-state index contributed by atoms with van der Waals surface area (Å²) in [6, 6.07) is 11.4. The van der Waals surface area contributed by atoms with Crippen LogP contribution in [0.2, 0.25) is 5.02 Å². The molecule has 2 aromatic carbocycles. The van der Waals surface area contributed by atoms with E-state index in [4.69, 9.17) is 11.6 Å². The Morgan fingerprint density at radius 2 is 1.77 bits per heavy atom. The van der Waals surface area contributed by atoms with Gasteiger partial charge in [-0.1, -0.05) is 30.7 Å². The second-order valence-corrected chi connectivity index (χ2v) is 8.62. The minimum Gasteiger partial charge on any atom is -0.324 e. The molecule has 2 aromatic rings. The molecule has 0 heterocycles. The van der Waals surface area contributed by atoms with Gasteiger partial charge in [-0.25, -0.2) is 8.42 Å². The predicted octanol–water partition coefficient (Wildman–Crippen LogP) is 4.14. The fourth-order valence-electron chi connectivity index (χ4n) is 2.93. The maximum Gasteiger partial charge on any atom is 0.248 e. The molecule has 0 spiro atoms. The third-order valence-corrected chi connectivity index (χ3v) is 5.30. The Balaban J connectivity index is 2.42. The van der Waals surface area contributed by atoms with E-state index in [1.54, 1.807) is 43.3 Å². The number of benzene rings is 2. The number of aryl methyl sites for hydroxylation is 2. The number of sulfonamides is 1. The van der Waals surface area contributed by atoms with Crippen LogP contribution in [0.25, 0.3) is 0 Å². The van der Waals surface area contributed by atoms with Crippen molar-refractivity contribution in [3.63, 3.8) is 0 Å². The van der Waals surface area contributed by atoms with Crippen molar-refractivity contribution in [2.75, 3.05) is 15.9 Å². The highest BCUT2D eigenvalue weighted by Crippen LogP contribution is 2.26. The molecule has 0 aliphatic rings. The van der Waals surface area contributed by atoms with E-state index in [0.717, 1.165) is 17.4 Å². The number of carbonyl (C=O) groups excluding carboxylic acids is 1. The molecule has 0 aromatic heterocycles. The monoisotopic (exact) mass is 394 g/mol. The van der Waals surface area contributed by atoms with Crippen LogP contribution in [-0.4, -0.2) is 26.6 Å². The van der Waals surface area contributed by atoms with Gasteiger partial charge in [0, 0.05) is 10.7 Å². The van der Waals surface area contributed by atoms with Gasteiger partial charge in [0.2, 0.25) is 15.9 Å². The number of nitrogens with zero attached hydrogens (tertiary/aromatic N) is 1. The number of hydrogen-bond donors (Lipinski definition) is 1. The second-order valence-electron chi connectivity index (χ2n) is 6.33. The maximum absolute atomic E-state index is 12.8. The van der Waals surface area contributed by atoms with E-state index in [1.165, 1.54) is 4.31 Å². The molecule has 0 saturated heterocycles. The van der Waals surface area contributed by atoms with Crippen molar-refractivity contribution in [3.8, 4) is 0 Å². The summed E-state index contributed by atoms with van der Waals surface area (Å²) in [5, 5.41) is 3.25. The first-order valence-electron chi connectivity index (χ1n) is 8.26. The first kappa shape index (κ1) is 20.3. The number of anilines is 2. The predicted molar refractivity (Wildman–Crippen MR) is 107 cm³/mol. The van der Waals surface area contributed by atoms with Gasteiger partial charge in [-0.2, -0.15) is 0 Å². The summed E-state index contributed by atoms with van der Waals surface area (Å²) in [6.07, 6.45) is 1.44. The number of nitrogens with one attached hydrogen (secondary N) is 1. The van der Waals surface area contributed by atoms with Crippen LogP contribution in [0.15, 0.2) is 42.5 Å². The lowest BCUT2D eigenvalue weighted by Gasteiger charge is -2.30. The molecule has 0 aliphatic carbocycles. The van der Waals surface area contributed by atoms with Gasteiger partial charge in [0.05, 0.1) is 11.9 Å². The number of halogens is 1. The molecule has 5 nitrogen and oxygen atoms in total. The van der Waals surface area contributed by atoms with E-state index in [-0.39, 0.29) is 0 Å². The number of rotatable bonds is 6. The Bertz CT molecular complexity index is 893. The molecule has 1 amide bonds. The maximum atomic E-state index is 12.8. The van der Waals surface area contributed by atoms with E-state index >= 15 is 0 Å². The average molecular weight is 395 g/mol. The van der Waals surface area contributed by atoms with Crippen LogP contribution in [0, 0.1) is 13.8 Å². The van der Waals surface area contributed by atoms with Gasteiger partial charge in [-0.3, -0.25) is 9.10 Å². The smallest absolute Gasteiger partial charge is 0.248 e. The van der Waals surface area contributed by atoms with Gasteiger partial charge in [0.15, 0.2) is 0 Å². The van der Waals surface area contributed by atoms with E-state index in [0.29, 0.717) is 22.8 Å². The Kier molecular flexibility index (Phi) is 6.31. The van der Waals surface area contributed by atoms with Crippen molar-refractivity contribution in [1.82, 2.24) is 0 Å². The van der Waals surface area contributed by atoms with Crippen LogP contribution in [-0.2, 0) is 14.8 Å². The normalized spacial score (nSPS) is 12.5. The molecule has 0 unspecified atom stereocenters. The summed E-state index contributed by atoms with van der Waals surface area (Å²) in [6.45, 7) is 5.57. The van der Waals surface area contributed by atoms with Crippen LogP contribution < -0.4 is 9.62 Å². The summed E-state index contributed by atoms with van der Waals surface area (Å²) >= 11 is 5.95. The lowest BCUT2D eigenvalue weighted by molar-refractivity contribution is -0.117. The Hall–Kier alpha value is -2.05. The average Bonchev–Trinajstić information content (AvgIpc) is 2.49. The minimum absolute atomic E-state index is 0.326. The van der Waals surface area contributed by atoms with E-state index in [1.807, 2.05) is 19.9 Å². The van der Waals surface area contributed by atoms with Crippen molar-refractivity contribution in [1.29, 1.82) is 0 Å². The fraction of sp³-hybridized carbons (Fsp3) is 0.316. The molecule has 1 N–H and O–H groups in total. The van der Waals surface area contributed by atoms with Crippen LogP contribution in [0.3, 0.4) is 0 Å². The van der Waals surface area contributed by atoms with Crippen molar-refractivity contribution in [2.45, 2.75) is 33.2 Å². The molecule has 0 saturated carbocycles. The molecule has 1 atom stereocenters. The second kappa shape index (κ2) is 8.10. The zero-order valence-electron chi connectivity index (χ0n) is 15.3. The number of hydrogen-bond acceptors (Lipinski definition) is 3. The van der Waals surface area contributed by atoms with Gasteiger partial charge in [0.25, 0.3) is 0 Å². The highest BCUT2D eigenvalue weighted by Gasteiger charge is 2.31. The summed E-state index contributed by atoms with van der Waals surface area (Å²) in [4.78, 5) is 12.8. The minimum atomic E-state index is -3.66. The van der Waals surface area contributed by atoms with Gasteiger partial charge >= 0.3 is 0 Å². The Morgan fingerprint density at radius 1 is 1.15 bits per heavy atom. The van der Waals surface area contributed by atoms with Gasteiger partial charge < -0.3 is 5.32 Å². The van der Waals surface area contributed by atoms with Crippen molar-refractivity contribution in [2.24, 2.45) is 0 Å². The Morgan fingerprint density at radius 3 is 2.27 bits per heavy atom. The zero-order valence-corrected chi connectivity index (χ0v) is 16.9. The van der Waals surface area contributed by atoms with Crippen molar-refractivity contribution in [3.05, 3.63) is 58.6 Å². The SMILES string of the molecule is CC[C@H](C(=O)Nc1cccc(Cl)c1)N(c1cc(C)cc(C)c1)S(C)(=O)=O. The number of carbonyl (C=O) groups is 1. The van der Waals surface area contributed by atoms with Crippen LogP contribution in [0.5, 0.6) is 0 Å². The first-order valence-corrected chi connectivity index (χ1v) is 10.5.